The number of nitrogens with two attached hydrogens (primary N) is 1. The fraction of sp³-hybridized carbons (Fsp3) is 0.583. The molecule has 1 fully saturated rings. The van der Waals surface area contributed by atoms with Crippen LogP contribution in [0.1, 0.15) is 18.6 Å². The maximum Gasteiger partial charge on any atom is 0.234 e. The molecule has 1 unspecified atom stereocenters. The van der Waals surface area contributed by atoms with E-state index in [9.17, 15) is 4.79 Å². The molecule has 5 heteroatoms. The number of nitrogens with zero attached hydrogens (tertiary/aromatic N) is 1. The van der Waals surface area contributed by atoms with Gasteiger partial charge in [-0.25, -0.2) is 0 Å². The van der Waals surface area contributed by atoms with E-state index in [0.717, 1.165) is 31.7 Å². The van der Waals surface area contributed by atoms with Crippen molar-refractivity contribution in [2.75, 3.05) is 19.6 Å². The van der Waals surface area contributed by atoms with Crippen LogP contribution >= 0.6 is 0 Å². The Morgan fingerprint density at radius 2 is 2.53 bits per heavy atom. The van der Waals surface area contributed by atoms with Crippen LogP contribution in [0.4, 0.5) is 0 Å². The Kier molecular flexibility index (Phi) is 4.17. The molecule has 3 N–H and O–H groups in total. The normalized spacial score (nSPS) is 21.4. The zero-order chi connectivity index (χ0) is 12.1. The van der Waals surface area contributed by atoms with Gasteiger partial charge in [-0.15, -0.1) is 0 Å². The molecule has 1 aromatic heterocycles. The van der Waals surface area contributed by atoms with Gasteiger partial charge in [0.25, 0.3) is 0 Å². The van der Waals surface area contributed by atoms with E-state index in [1.165, 1.54) is 0 Å². The van der Waals surface area contributed by atoms with Crippen LogP contribution < -0.4 is 11.1 Å². The first-order chi connectivity index (χ1) is 8.24. The maximum absolute atomic E-state index is 11.7. The van der Waals surface area contributed by atoms with Gasteiger partial charge in [0.15, 0.2) is 0 Å². The average Bonchev–Trinajstić information content (AvgIpc) is 2.79. The highest BCUT2D eigenvalue weighted by Crippen LogP contribution is 2.07. The monoisotopic (exact) mass is 237 g/mol. The molecule has 0 radical (unpaired) electrons. The van der Waals surface area contributed by atoms with Gasteiger partial charge in [-0.05, 0) is 31.5 Å². The van der Waals surface area contributed by atoms with Gasteiger partial charge in [0.1, 0.15) is 5.76 Å². The number of nitrogens with one attached hydrogen (secondary N) is 1. The van der Waals surface area contributed by atoms with Gasteiger partial charge in [-0.3, -0.25) is 9.69 Å². The second-order valence-electron chi connectivity index (χ2n) is 4.49. The van der Waals surface area contributed by atoms with Gasteiger partial charge >= 0.3 is 0 Å². The van der Waals surface area contributed by atoms with Crippen molar-refractivity contribution in [3.05, 3.63) is 24.2 Å². The van der Waals surface area contributed by atoms with Gasteiger partial charge in [0.2, 0.25) is 5.91 Å². The highest BCUT2D eigenvalue weighted by molar-refractivity contribution is 5.77. The van der Waals surface area contributed by atoms with Crippen molar-refractivity contribution in [1.29, 1.82) is 0 Å². The van der Waals surface area contributed by atoms with Gasteiger partial charge < -0.3 is 15.5 Å². The summed E-state index contributed by atoms with van der Waals surface area (Å²) in [7, 11) is 0. The Balaban J connectivity index is 1.70. The maximum atomic E-state index is 11.7. The Bertz CT molecular complexity index is 351. The van der Waals surface area contributed by atoms with E-state index in [1.807, 2.05) is 12.1 Å². The van der Waals surface area contributed by atoms with Gasteiger partial charge in [0, 0.05) is 12.6 Å². The number of hydrogen-bond donors (Lipinski definition) is 2. The summed E-state index contributed by atoms with van der Waals surface area (Å²) < 4.78 is 5.14. The third-order valence-electron chi connectivity index (χ3n) is 2.95. The minimum absolute atomic E-state index is 0.0236. The third-order valence-corrected chi connectivity index (χ3v) is 2.95. The smallest absolute Gasteiger partial charge is 0.234 e. The molecule has 1 aliphatic heterocycles. The lowest BCUT2D eigenvalue weighted by molar-refractivity contribution is -0.122. The Morgan fingerprint density at radius 1 is 1.65 bits per heavy atom. The van der Waals surface area contributed by atoms with E-state index in [2.05, 4.69) is 10.2 Å². The van der Waals surface area contributed by atoms with Crippen molar-refractivity contribution < 1.29 is 9.21 Å². The van der Waals surface area contributed by atoms with E-state index >= 15 is 0 Å². The van der Waals surface area contributed by atoms with Crippen LogP contribution in [0.5, 0.6) is 0 Å². The Labute approximate surface area is 101 Å². The zero-order valence-corrected chi connectivity index (χ0v) is 9.89. The summed E-state index contributed by atoms with van der Waals surface area (Å²) in [4.78, 5) is 13.8. The first-order valence-corrected chi connectivity index (χ1v) is 6.01. The van der Waals surface area contributed by atoms with Crippen LogP contribution in [-0.2, 0) is 11.3 Å². The number of carbonyl (C=O) groups excluding carboxylic acids is 1. The van der Waals surface area contributed by atoms with Crippen molar-refractivity contribution in [3.63, 3.8) is 0 Å². The first-order valence-electron chi connectivity index (χ1n) is 6.01. The number of rotatable bonds is 4. The second kappa shape index (κ2) is 5.84. The lowest BCUT2D eigenvalue weighted by Gasteiger charge is -2.29. The van der Waals surface area contributed by atoms with Crippen LogP contribution in [0.15, 0.2) is 22.8 Å². The van der Waals surface area contributed by atoms with Crippen molar-refractivity contribution in [3.8, 4) is 0 Å². The summed E-state index contributed by atoms with van der Waals surface area (Å²) in [5.41, 5.74) is 5.86. The molecule has 0 saturated carbocycles. The summed E-state index contributed by atoms with van der Waals surface area (Å²) in [5, 5.41) is 2.83. The quantitative estimate of drug-likeness (QED) is 0.791. The molecule has 1 aromatic rings. The van der Waals surface area contributed by atoms with Gasteiger partial charge in [0.05, 0.1) is 19.4 Å². The number of carbonyl (C=O) groups is 1. The van der Waals surface area contributed by atoms with Crippen molar-refractivity contribution in [2.45, 2.75) is 25.4 Å². The molecule has 0 aromatic carbocycles. The van der Waals surface area contributed by atoms with Crippen LogP contribution in [0, 0.1) is 0 Å². The summed E-state index contributed by atoms with van der Waals surface area (Å²) in [6, 6.07) is 3.86. The lowest BCUT2D eigenvalue weighted by Crippen LogP contribution is -2.46. The summed E-state index contributed by atoms with van der Waals surface area (Å²) in [6.07, 6.45) is 3.74. The third kappa shape index (κ3) is 3.87. The number of hydrogen-bond acceptors (Lipinski definition) is 4. The van der Waals surface area contributed by atoms with Crippen LogP contribution in [-0.4, -0.2) is 36.5 Å². The highest BCUT2D eigenvalue weighted by atomic mass is 16.3. The zero-order valence-electron chi connectivity index (χ0n) is 9.89. The summed E-state index contributed by atoms with van der Waals surface area (Å²) in [5.74, 6) is 0.796. The van der Waals surface area contributed by atoms with Crippen molar-refractivity contribution in [1.82, 2.24) is 10.2 Å². The molecule has 17 heavy (non-hydrogen) atoms. The van der Waals surface area contributed by atoms with Crippen LogP contribution in [0.2, 0.25) is 0 Å². The van der Waals surface area contributed by atoms with E-state index in [-0.39, 0.29) is 11.9 Å². The van der Waals surface area contributed by atoms with Crippen molar-refractivity contribution >= 4 is 5.91 Å². The number of furan rings is 1. The fourth-order valence-electron chi connectivity index (χ4n) is 2.09. The molecule has 0 aliphatic carbocycles. The molecule has 0 bridgehead atoms. The number of likely N-dealkylation sites (tertiary alicyclic amines) is 1. The fourth-order valence-corrected chi connectivity index (χ4v) is 2.09. The molecule has 1 amide bonds. The molecule has 0 spiro atoms. The average molecular weight is 237 g/mol. The highest BCUT2D eigenvalue weighted by Gasteiger charge is 2.18. The first kappa shape index (κ1) is 12.1. The Hall–Kier alpha value is -1.33. The minimum atomic E-state index is 0.0236. The molecule has 2 heterocycles. The standard InChI is InChI=1S/C12H19N3O2/c13-10-3-1-5-15(8-10)9-12(16)14-7-11-4-2-6-17-11/h2,4,6,10H,1,3,5,7-9,13H2,(H,14,16). The molecule has 1 aliphatic rings. The number of piperidine rings is 1. The SMILES string of the molecule is NC1CCCN(CC(=O)NCc2ccco2)C1. The minimum Gasteiger partial charge on any atom is -0.467 e. The summed E-state index contributed by atoms with van der Waals surface area (Å²) >= 11 is 0. The Morgan fingerprint density at radius 3 is 3.24 bits per heavy atom. The predicted octanol–water partition coefficient (Wildman–Crippen LogP) is 0.319. The molecule has 1 saturated heterocycles. The van der Waals surface area contributed by atoms with Crippen molar-refractivity contribution in [2.24, 2.45) is 5.73 Å². The molecule has 5 nitrogen and oxygen atoms in total. The summed E-state index contributed by atoms with van der Waals surface area (Å²) in [6.45, 7) is 2.65. The molecular formula is C12H19N3O2. The predicted molar refractivity (Wildman–Crippen MR) is 64.2 cm³/mol. The largest absolute Gasteiger partial charge is 0.467 e. The van der Waals surface area contributed by atoms with E-state index in [1.54, 1.807) is 6.26 Å². The topological polar surface area (TPSA) is 71.5 Å². The number of amides is 1. The molecule has 2 rings (SSSR count). The lowest BCUT2D eigenvalue weighted by atomic mass is 10.1. The van der Waals surface area contributed by atoms with Crippen LogP contribution in [0.3, 0.4) is 0 Å². The van der Waals surface area contributed by atoms with E-state index < -0.39 is 0 Å². The van der Waals surface area contributed by atoms with Crippen LogP contribution in [0.25, 0.3) is 0 Å². The van der Waals surface area contributed by atoms with Gasteiger partial charge in [-0.2, -0.15) is 0 Å². The van der Waals surface area contributed by atoms with E-state index in [4.69, 9.17) is 10.2 Å². The van der Waals surface area contributed by atoms with Gasteiger partial charge in [-0.1, -0.05) is 0 Å². The molecular weight excluding hydrogens is 218 g/mol. The van der Waals surface area contributed by atoms with E-state index in [0.29, 0.717) is 13.1 Å². The molecule has 1 atom stereocenters. The second-order valence-corrected chi connectivity index (χ2v) is 4.49. The molecule has 94 valence electrons.